The fourth-order valence-electron chi connectivity index (χ4n) is 3.57. The second-order valence-corrected chi connectivity index (χ2v) is 7.88. The molecule has 0 unspecified atom stereocenters. The molecule has 2 saturated carbocycles. The van der Waals surface area contributed by atoms with Gasteiger partial charge in [0, 0.05) is 5.57 Å². The number of carbonyl (C=O) groups is 2. The summed E-state index contributed by atoms with van der Waals surface area (Å²) in [7, 11) is 0. The molecule has 4 nitrogen and oxygen atoms in total. The van der Waals surface area contributed by atoms with Crippen LogP contribution < -0.4 is 0 Å². The van der Waals surface area contributed by atoms with Gasteiger partial charge in [0.15, 0.2) is 0 Å². The van der Waals surface area contributed by atoms with E-state index in [-0.39, 0.29) is 24.1 Å². The van der Waals surface area contributed by atoms with Crippen molar-refractivity contribution in [3.05, 3.63) is 11.6 Å². The van der Waals surface area contributed by atoms with E-state index >= 15 is 0 Å². The van der Waals surface area contributed by atoms with Crippen molar-refractivity contribution in [2.75, 3.05) is 0 Å². The third-order valence-electron chi connectivity index (χ3n) is 5.08. The molecule has 0 amide bonds. The van der Waals surface area contributed by atoms with Gasteiger partial charge in [-0.25, -0.2) is 4.79 Å². The minimum absolute atomic E-state index is 0.0342. The van der Waals surface area contributed by atoms with Gasteiger partial charge >= 0.3 is 11.9 Å². The molecule has 0 aliphatic heterocycles. The first-order valence-corrected chi connectivity index (χ1v) is 9.50. The van der Waals surface area contributed by atoms with E-state index in [9.17, 15) is 9.59 Å². The number of rotatable bonds is 5. The average molecular weight is 336 g/mol. The fraction of sp³-hybridized carbons (Fsp3) is 0.800. The maximum Gasteiger partial charge on any atom is 0.333 e. The molecule has 2 aliphatic carbocycles. The zero-order valence-corrected chi connectivity index (χ0v) is 15.4. The van der Waals surface area contributed by atoms with E-state index in [2.05, 4.69) is 0 Å². The van der Waals surface area contributed by atoms with Crippen molar-refractivity contribution in [1.82, 2.24) is 0 Å². The van der Waals surface area contributed by atoms with Crippen LogP contribution >= 0.6 is 0 Å². The quantitative estimate of drug-likeness (QED) is 0.539. The summed E-state index contributed by atoms with van der Waals surface area (Å²) >= 11 is 0. The van der Waals surface area contributed by atoms with Gasteiger partial charge in [-0.3, -0.25) is 4.79 Å². The molecular formula is C20H32O4. The first-order valence-electron chi connectivity index (χ1n) is 9.50. The summed E-state index contributed by atoms with van der Waals surface area (Å²) in [6.07, 6.45) is 12.5. The molecule has 0 N–H and O–H groups in total. The van der Waals surface area contributed by atoms with Gasteiger partial charge in [-0.1, -0.05) is 18.9 Å². The minimum atomic E-state index is -0.812. The van der Waals surface area contributed by atoms with Crippen molar-refractivity contribution < 1.29 is 19.1 Å². The molecule has 2 aliphatic rings. The van der Waals surface area contributed by atoms with E-state index in [1.54, 1.807) is 26.8 Å². The van der Waals surface area contributed by atoms with Crippen molar-refractivity contribution in [3.8, 4) is 0 Å². The predicted octanol–water partition coefficient (Wildman–Crippen LogP) is 4.71. The fourth-order valence-corrected chi connectivity index (χ4v) is 3.57. The van der Waals surface area contributed by atoms with Crippen LogP contribution in [-0.2, 0) is 19.1 Å². The van der Waals surface area contributed by atoms with E-state index in [4.69, 9.17) is 9.47 Å². The van der Waals surface area contributed by atoms with Crippen LogP contribution in [0, 0.1) is 5.41 Å². The molecule has 2 rings (SSSR count). The molecule has 0 aromatic carbocycles. The Hall–Kier alpha value is -1.32. The van der Waals surface area contributed by atoms with Crippen molar-refractivity contribution in [2.24, 2.45) is 5.41 Å². The molecule has 0 aromatic rings. The average Bonchev–Trinajstić information content (AvgIpc) is 2.56. The van der Waals surface area contributed by atoms with Crippen molar-refractivity contribution in [1.29, 1.82) is 0 Å². The molecule has 4 heteroatoms. The van der Waals surface area contributed by atoms with Crippen molar-refractivity contribution in [3.63, 3.8) is 0 Å². The Balaban J connectivity index is 1.89. The van der Waals surface area contributed by atoms with Gasteiger partial charge in [0.25, 0.3) is 0 Å². The third kappa shape index (κ3) is 5.64. The summed E-state index contributed by atoms with van der Waals surface area (Å²) in [6, 6.07) is 0. The predicted molar refractivity (Wildman–Crippen MR) is 93.5 cm³/mol. The SMILES string of the molecule is C/C(=C\C(C)(C)C(=O)OC1CCCCC1)C(=O)OC1CCCCC1. The Bertz CT molecular complexity index is 466. The van der Waals surface area contributed by atoms with Crippen LogP contribution in [0.5, 0.6) is 0 Å². The van der Waals surface area contributed by atoms with Gasteiger partial charge in [-0.05, 0) is 72.1 Å². The molecule has 0 saturated heterocycles. The zero-order valence-electron chi connectivity index (χ0n) is 15.4. The summed E-state index contributed by atoms with van der Waals surface area (Å²) in [5.41, 5.74) is -0.321. The van der Waals surface area contributed by atoms with Gasteiger partial charge in [-0.2, -0.15) is 0 Å². The Morgan fingerprint density at radius 3 is 1.79 bits per heavy atom. The second-order valence-electron chi connectivity index (χ2n) is 7.88. The van der Waals surface area contributed by atoms with E-state index in [1.165, 1.54) is 12.8 Å². The molecule has 24 heavy (non-hydrogen) atoms. The summed E-state index contributed by atoms with van der Waals surface area (Å²) in [6.45, 7) is 5.33. The number of ether oxygens (including phenoxy) is 2. The highest BCUT2D eigenvalue weighted by Crippen LogP contribution is 2.27. The Labute approximate surface area is 146 Å². The first-order chi connectivity index (χ1) is 11.4. The molecule has 2 fully saturated rings. The summed E-state index contributed by atoms with van der Waals surface area (Å²) in [4.78, 5) is 24.7. The zero-order chi connectivity index (χ0) is 17.6. The standard InChI is InChI=1S/C20H32O4/c1-15(18(21)23-16-10-6-4-7-11-16)14-20(2,3)19(22)24-17-12-8-5-9-13-17/h14,16-17H,4-13H2,1-3H3/b15-14+. The molecule has 0 bridgehead atoms. The Morgan fingerprint density at radius 1 is 0.833 bits per heavy atom. The largest absolute Gasteiger partial charge is 0.462 e. The monoisotopic (exact) mass is 336 g/mol. The summed E-state index contributed by atoms with van der Waals surface area (Å²) < 4.78 is 11.2. The Kier molecular flexibility index (Phi) is 6.88. The normalized spacial score (nSPS) is 21.4. The van der Waals surface area contributed by atoms with Crippen molar-refractivity contribution in [2.45, 2.75) is 97.2 Å². The van der Waals surface area contributed by atoms with Gasteiger partial charge in [-0.15, -0.1) is 0 Å². The first kappa shape index (κ1) is 19.0. The molecule has 0 atom stereocenters. The van der Waals surface area contributed by atoms with Crippen LogP contribution in [0.3, 0.4) is 0 Å². The summed E-state index contributed by atoms with van der Waals surface area (Å²) in [5, 5.41) is 0. The highest BCUT2D eigenvalue weighted by atomic mass is 16.5. The van der Waals surface area contributed by atoms with Gasteiger partial charge in [0.2, 0.25) is 0 Å². The van der Waals surface area contributed by atoms with Crippen LogP contribution in [0.2, 0.25) is 0 Å². The number of hydrogen-bond donors (Lipinski definition) is 0. The molecular weight excluding hydrogens is 304 g/mol. The highest BCUT2D eigenvalue weighted by molar-refractivity contribution is 5.90. The lowest BCUT2D eigenvalue weighted by atomic mass is 9.90. The smallest absolute Gasteiger partial charge is 0.333 e. The number of carbonyl (C=O) groups excluding carboxylic acids is 2. The number of esters is 2. The number of hydrogen-bond acceptors (Lipinski definition) is 4. The molecule has 0 spiro atoms. The molecule has 0 radical (unpaired) electrons. The van der Waals surface area contributed by atoms with Crippen LogP contribution in [0.1, 0.15) is 85.0 Å². The molecule has 136 valence electrons. The van der Waals surface area contributed by atoms with Gasteiger partial charge in [0.1, 0.15) is 12.2 Å². The van der Waals surface area contributed by atoms with E-state index < -0.39 is 5.41 Å². The van der Waals surface area contributed by atoms with Gasteiger partial charge < -0.3 is 9.47 Å². The lowest BCUT2D eigenvalue weighted by Crippen LogP contribution is -2.31. The molecule has 0 aromatic heterocycles. The third-order valence-corrected chi connectivity index (χ3v) is 5.08. The van der Waals surface area contributed by atoms with E-state index in [1.807, 2.05) is 0 Å². The van der Waals surface area contributed by atoms with E-state index in [0.29, 0.717) is 5.57 Å². The van der Waals surface area contributed by atoms with Crippen LogP contribution in [0.4, 0.5) is 0 Å². The van der Waals surface area contributed by atoms with E-state index in [0.717, 1.165) is 51.4 Å². The summed E-state index contributed by atoms with van der Waals surface area (Å²) in [5.74, 6) is -0.556. The minimum Gasteiger partial charge on any atom is -0.462 e. The van der Waals surface area contributed by atoms with Crippen molar-refractivity contribution >= 4 is 11.9 Å². The maximum atomic E-state index is 12.5. The van der Waals surface area contributed by atoms with Crippen LogP contribution in [0.25, 0.3) is 0 Å². The lowest BCUT2D eigenvalue weighted by Gasteiger charge is -2.27. The Morgan fingerprint density at radius 2 is 1.29 bits per heavy atom. The second kappa shape index (κ2) is 8.68. The van der Waals surface area contributed by atoms with Crippen LogP contribution in [-0.4, -0.2) is 24.1 Å². The van der Waals surface area contributed by atoms with Crippen LogP contribution in [0.15, 0.2) is 11.6 Å². The lowest BCUT2D eigenvalue weighted by molar-refractivity contribution is -0.158. The topological polar surface area (TPSA) is 52.6 Å². The maximum absolute atomic E-state index is 12.5. The molecule has 0 heterocycles. The van der Waals surface area contributed by atoms with Gasteiger partial charge in [0.05, 0.1) is 5.41 Å². The highest BCUT2D eigenvalue weighted by Gasteiger charge is 2.31.